The van der Waals surface area contributed by atoms with Crippen molar-refractivity contribution in [1.82, 2.24) is 9.97 Å². The van der Waals surface area contributed by atoms with Crippen LogP contribution in [0.15, 0.2) is 71.7 Å². The Bertz CT molecular complexity index is 1050. The summed E-state index contributed by atoms with van der Waals surface area (Å²) in [5.41, 5.74) is 4.20. The Balaban J connectivity index is 1.67. The molecule has 1 aromatic heterocycles. The molecule has 0 amide bonds. The van der Waals surface area contributed by atoms with Gasteiger partial charge in [-0.3, -0.25) is 4.99 Å². The topological polar surface area (TPSA) is 61.3 Å². The summed E-state index contributed by atoms with van der Waals surface area (Å²) in [6, 6.07) is 20.5. The van der Waals surface area contributed by atoms with Gasteiger partial charge in [-0.25, -0.2) is 4.98 Å². The highest BCUT2D eigenvalue weighted by Gasteiger charge is 2.05. The first kappa shape index (κ1) is 15.4. The zero-order valence-corrected chi connectivity index (χ0v) is 13.9. The van der Waals surface area contributed by atoms with Crippen molar-refractivity contribution in [2.24, 2.45) is 4.99 Å². The van der Waals surface area contributed by atoms with E-state index in [1.54, 1.807) is 24.4 Å². The fraction of sp³-hybridized carbons (Fsp3) is 0. The highest BCUT2D eigenvalue weighted by Crippen LogP contribution is 2.25. The molecule has 0 unspecified atom stereocenters. The lowest BCUT2D eigenvalue weighted by atomic mass is 10.2. The van der Waals surface area contributed by atoms with Gasteiger partial charge >= 0.3 is 0 Å². The molecule has 2 N–H and O–H groups in total. The van der Waals surface area contributed by atoms with E-state index in [0.717, 1.165) is 28.1 Å². The average Bonchev–Trinajstić information content (AvgIpc) is 3.07. The van der Waals surface area contributed by atoms with Crippen molar-refractivity contribution in [1.29, 1.82) is 0 Å². The molecule has 0 spiro atoms. The highest BCUT2D eigenvalue weighted by atomic mass is 35.5. The summed E-state index contributed by atoms with van der Waals surface area (Å²) in [7, 11) is 0. The average molecular weight is 348 g/mol. The van der Waals surface area contributed by atoms with Crippen molar-refractivity contribution in [3.8, 4) is 17.1 Å². The minimum atomic E-state index is 0.140. The van der Waals surface area contributed by atoms with Crippen LogP contribution in [0, 0.1) is 0 Å². The zero-order chi connectivity index (χ0) is 17.2. The smallest absolute Gasteiger partial charge is 0.138 e. The highest BCUT2D eigenvalue weighted by molar-refractivity contribution is 6.30. The summed E-state index contributed by atoms with van der Waals surface area (Å²) < 4.78 is 0. The minimum Gasteiger partial charge on any atom is -0.507 e. The first-order valence-electron chi connectivity index (χ1n) is 7.77. The lowest BCUT2D eigenvalue weighted by Crippen LogP contribution is -1.83. The van der Waals surface area contributed by atoms with Crippen molar-refractivity contribution in [2.75, 3.05) is 0 Å². The number of nitrogens with zero attached hydrogens (tertiary/aromatic N) is 2. The molecule has 4 nitrogen and oxygen atoms in total. The van der Waals surface area contributed by atoms with E-state index in [1.807, 2.05) is 48.5 Å². The van der Waals surface area contributed by atoms with Gasteiger partial charge in [0.2, 0.25) is 0 Å². The molecule has 0 saturated heterocycles. The summed E-state index contributed by atoms with van der Waals surface area (Å²) in [6.07, 6.45) is 1.60. The van der Waals surface area contributed by atoms with Crippen molar-refractivity contribution < 1.29 is 5.11 Å². The van der Waals surface area contributed by atoms with Crippen LogP contribution in [-0.4, -0.2) is 21.3 Å². The molecule has 0 atom stereocenters. The van der Waals surface area contributed by atoms with Crippen LogP contribution in [0.4, 0.5) is 5.69 Å². The van der Waals surface area contributed by atoms with Crippen LogP contribution in [0.2, 0.25) is 5.02 Å². The quantitative estimate of drug-likeness (QED) is 0.491. The molecule has 0 aliphatic heterocycles. The van der Waals surface area contributed by atoms with Crippen molar-refractivity contribution in [3.05, 3.63) is 77.3 Å². The number of aromatic hydroxyl groups is 1. The summed E-state index contributed by atoms with van der Waals surface area (Å²) in [6.45, 7) is 0. The molecule has 122 valence electrons. The van der Waals surface area contributed by atoms with E-state index in [0.29, 0.717) is 10.6 Å². The lowest BCUT2D eigenvalue weighted by molar-refractivity contribution is 0.474. The van der Waals surface area contributed by atoms with E-state index in [1.165, 1.54) is 0 Å². The molecule has 5 heteroatoms. The Morgan fingerprint density at radius 1 is 1.00 bits per heavy atom. The number of rotatable bonds is 3. The number of H-pyrrole nitrogens is 1. The normalized spacial score (nSPS) is 11.4. The van der Waals surface area contributed by atoms with E-state index in [-0.39, 0.29) is 5.75 Å². The number of imidazole rings is 1. The summed E-state index contributed by atoms with van der Waals surface area (Å²) in [5, 5.41) is 10.4. The molecular weight excluding hydrogens is 334 g/mol. The Morgan fingerprint density at radius 3 is 2.76 bits per heavy atom. The fourth-order valence-corrected chi connectivity index (χ4v) is 2.78. The Morgan fingerprint density at radius 2 is 1.88 bits per heavy atom. The van der Waals surface area contributed by atoms with Crippen LogP contribution < -0.4 is 0 Å². The number of para-hydroxylation sites is 2. The van der Waals surface area contributed by atoms with E-state index < -0.39 is 0 Å². The van der Waals surface area contributed by atoms with Crippen LogP contribution in [0.25, 0.3) is 22.4 Å². The Kier molecular flexibility index (Phi) is 3.96. The van der Waals surface area contributed by atoms with Gasteiger partial charge in [0.25, 0.3) is 0 Å². The second kappa shape index (κ2) is 6.42. The standard InChI is InChI=1S/C20H14ClN3O/c21-15-8-9-19(25)14(10-15)12-22-16-5-3-4-13(11-16)20-23-17-6-1-2-7-18(17)24-20/h1-12,25H,(H,23,24). The van der Waals surface area contributed by atoms with Crippen molar-refractivity contribution >= 4 is 34.5 Å². The maximum Gasteiger partial charge on any atom is 0.138 e. The number of phenols is 1. The van der Waals surface area contributed by atoms with E-state index in [4.69, 9.17) is 11.6 Å². The van der Waals surface area contributed by atoms with Gasteiger partial charge in [-0.1, -0.05) is 35.9 Å². The van der Waals surface area contributed by atoms with Crippen LogP contribution in [0.1, 0.15) is 5.56 Å². The van der Waals surface area contributed by atoms with Gasteiger partial charge in [-0.2, -0.15) is 0 Å². The molecule has 0 aliphatic carbocycles. The summed E-state index contributed by atoms with van der Waals surface area (Å²) in [4.78, 5) is 12.3. The van der Waals surface area contributed by atoms with Crippen molar-refractivity contribution in [2.45, 2.75) is 0 Å². The summed E-state index contributed by atoms with van der Waals surface area (Å²) in [5.74, 6) is 0.936. The predicted molar refractivity (Wildman–Crippen MR) is 102 cm³/mol. The van der Waals surface area contributed by atoms with Gasteiger partial charge in [-0.15, -0.1) is 0 Å². The third-order valence-electron chi connectivity index (χ3n) is 3.85. The monoisotopic (exact) mass is 347 g/mol. The molecule has 4 rings (SSSR count). The number of nitrogens with one attached hydrogen (secondary N) is 1. The predicted octanol–water partition coefficient (Wildman–Crippen LogP) is 5.34. The van der Waals surface area contributed by atoms with Gasteiger partial charge in [0.15, 0.2) is 0 Å². The van der Waals surface area contributed by atoms with E-state index in [9.17, 15) is 5.11 Å². The number of hydrogen-bond acceptors (Lipinski definition) is 3. The number of phenolic OH excluding ortho intramolecular Hbond substituents is 1. The number of halogens is 1. The third kappa shape index (κ3) is 3.25. The van der Waals surface area contributed by atoms with Crippen LogP contribution >= 0.6 is 11.6 Å². The SMILES string of the molecule is Oc1ccc(Cl)cc1C=Nc1cccc(-c2nc3ccccc3[nH]2)c1. The maximum absolute atomic E-state index is 9.86. The number of benzene rings is 3. The fourth-order valence-electron chi connectivity index (χ4n) is 2.60. The number of aromatic nitrogens is 2. The molecule has 0 fully saturated rings. The zero-order valence-electron chi connectivity index (χ0n) is 13.1. The summed E-state index contributed by atoms with van der Waals surface area (Å²) >= 11 is 5.96. The number of fused-ring (bicyclic) bond motifs is 1. The van der Waals surface area contributed by atoms with Gasteiger partial charge in [0.05, 0.1) is 16.7 Å². The number of aromatic amines is 1. The Labute approximate surface area is 149 Å². The molecule has 3 aromatic carbocycles. The molecule has 1 heterocycles. The molecule has 0 radical (unpaired) electrons. The maximum atomic E-state index is 9.86. The first-order chi connectivity index (χ1) is 12.2. The minimum absolute atomic E-state index is 0.140. The van der Waals surface area contributed by atoms with Crippen LogP contribution in [0.5, 0.6) is 5.75 Å². The van der Waals surface area contributed by atoms with E-state index in [2.05, 4.69) is 15.0 Å². The molecule has 0 aliphatic rings. The Hall–Kier alpha value is -3.11. The van der Waals surface area contributed by atoms with Gasteiger partial charge < -0.3 is 10.1 Å². The third-order valence-corrected chi connectivity index (χ3v) is 4.09. The van der Waals surface area contributed by atoms with Crippen LogP contribution in [-0.2, 0) is 0 Å². The molecular formula is C20H14ClN3O. The second-order valence-electron chi connectivity index (χ2n) is 5.61. The molecule has 0 bridgehead atoms. The van der Waals surface area contributed by atoms with E-state index >= 15 is 0 Å². The molecule has 4 aromatic rings. The molecule has 25 heavy (non-hydrogen) atoms. The number of aliphatic imine (C=N–C) groups is 1. The lowest BCUT2D eigenvalue weighted by Gasteiger charge is -2.01. The van der Waals surface area contributed by atoms with Crippen molar-refractivity contribution in [3.63, 3.8) is 0 Å². The van der Waals surface area contributed by atoms with Crippen LogP contribution in [0.3, 0.4) is 0 Å². The molecule has 0 saturated carbocycles. The van der Waals surface area contributed by atoms with Gasteiger partial charge in [0, 0.05) is 22.4 Å². The number of hydrogen-bond donors (Lipinski definition) is 2. The van der Waals surface area contributed by atoms with Gasteiger partial charge in [0.1, 0.15) is 11.6 Å². The first-order valence-corrected chi connectivity index (χ1v) is 8.14. The largest absolute Gasteiger partial charge is 0.507 e. The second-order valence-corrected chi connectivity index (χ2v) is 6.05. The van der Waals surface area contributed by atoms with Gasteiger partial charge in [-0.05, 0) is 42.5 Å².